The Kier molecular flexibility index (Phi) is 4.35. The van der Waals surface area contributed by atoms with Gasteiger partial charge in [0.1, 0.15) is 6.33 Å². The molecule has 0 radical (unpaired) electrons. The largest absolute Gasteiger partial charge is 0.388 e. The third kappa shape index (κ3) is 3.48. The van der Waals surface area contributed by atoms with Crippen molar-refractivity contribution in [2.45, 2.75) is 18.9 Å². The van der Waals surface area contributed by atoms with Crippen LogP contribution in [0.2, 0.25) is 0 Å². The maximum Gasteiger partial charge on any atom is 0.115 e. The van der Waals surface area contributed by atoms with Gasteiger partial charge in [-0.15, -0.1) is 0 Å². The molecule has 1 atom stereocenters. The van der Waals surface area contributed by atoms with Crippen LogP contribution in [0.5, 0.6) is 0 Å². The molecule has 0 aliphatic carbocycles. The summed E-state index contributed by atoms with van der Waals surface area (Å²) in [7, 11) is 1.90. The lowest BCUT2D eigenvalue weighted by Crippen LogP contribution is -2.09. The monoisotopic (exact) mass is 181 g/mol. The van der Waals surface area contributed by atoms with Crippen molar-refractivity contribution >= 4 is 0 Å². The molecule has 1 heterocycles. The van der Waals surface area contributed by atoms with Gasteiger partial charge in [0, 0.05) is 18.0 Å². The van der Waals surface area contributed by atoms with E-state index in [1.54, 1.807) is 12.4 Å². The topological polar surface area (TPSA) is 58.0 Å². The number of aliphatic hydroxyl groups excluding tert-OH is 1. The minimum Gasteiger partial charge on any atom is -0.388 e. The second-order valence-corrected chi connectivity index (χ2v) is 2.93. The van der Waals surface area contributed by atoms with Crippen LogP contribution in [-0.4, -0.2) is 28.7 Å². The van der Waals surface area contributed by atoms with Crippen molar-refractivity contribution in [1.82, 2.24) is 15.3 Å². The number of rotatable bonds is 5. The molecule has 1 aromatic heterocycles. The fraction of sp³-hybridized carbons (Fsp3) is 0.556. The molecule has 0 aromatic carbocycles. The summed E-state index contributed by atoms with van der Waals surface area (Å²) in [6.45, 7) is 0.921. The van der Waals surface area contributed by atoms with E-state index in [9.17, 15) is 5.11 Å². The highest BCUT2D eigenvalue weighted by atomic mass is 16.3. The third-order valence-corrected chi connectivity index (χ3v) is 1.87. The van der Waals surface area contributed by atoms with E-state index in [4.69, 9.17) is 0 Å². The van der Waals surface area contributed by atoms with Crippen molar-refractivity contribution in [3.8, 4) is 0 Å². The van der Waals surface area contributed by atoms with Gasteiger partial charge in [-0.05, 0) is 26.4 Å². The first kappa shape index (κ1) is 10.1. The Bertz CT molecular complexity index is 228. The number of nitrogens with zero attached hydrogens (tertiary/aromatic N) is 2. The number of aromatic nitrogens is 2. The lowest BCUT2D eigenvalue weighted by atomic mass is 10.1. The van der Waals surface area contributed by atoms with Gasteiger partial charge < -0.3 is 10.4 Å². The molecule has 4 nitrogen and oxygen atoms in total. The molecular weight excluding hydrogens is 166 g/mol. The number of hydrogen-bond acceptors (Lipinski definition) is 4. The van der Waals surface area contributed by atoms with Gasteiger partial charge in [-0.3, -0.25) is 0 Å². The van der Waals surface area contributed by atoms with Crippen LogP contribution in [0.25, 0.3) is 0 Å². The van der Waals surface area contributed by atoms with Gasteiger partial charge in [-0.2, -0.15) is 0 Å². The Morgan fingerprint density at radius 3 is 2.77 bits per heavy atom. The smallest absolute Gasteiger partial charge is 0.115 e. The van der Waals surface area contributed by atoms with Gasteiger partial charge in [-0.1, -0.05) is 0 Å². The van der Waals surface area contributed by atoms with Gasteiger partial charge in [0.25, 0.3) is 0 Å². The molecule has 0 aliphatic heterocycles. The maximum atomic E-state index is 9.64. The molecule has 1 unspecified atom stereocenters. The van der Waals surface area contributed by atoms with E-state index in [0.29, 0.717) is 0 Å². The van der Waals surface area contributed by atoms with Gasteiger partial charge in [0.15, 0.2) is 0 Å². The molecule has 4 heteroatoms. The molecular formula is C9H15N3O. The summed E-state index contributed by atoms with van der Waals surface area (Å²) in [5.41, 5.74) is 0.790. The Morgan fingerprint density at radius 2 is 2.15 bits per heavy atom. The summed E-state index contributed by atoms with van der Waals surface area (Å²) < 4.78 is 0. The van der Waals surface area contributed by atoms with Crippen LogP contribution < -0.4 is 5.32 Å². The molecule has 1 rings (SSSR count). The summed E-state index contributed by atoms with van der Waals surface area (Å²) in [5.74, 6) is 0. The van der Waals surface area contributed by atoms with E-state index in [1.165, 1.54) is 6.33 Å². The van der Waals surface area contributed by atoms with Crippen molar-refractivity contribution < 1.29 is 5.11 Å². The minimum absolute atomic E-state index is 0.436. The lowest BCUT2D eigenvalue weighted by molar-refractivity contribution is 0.164. The van der Waals surface area contributed by atoms with Crippen LogP contribution in [0.1, 0.15) is 24.5 Å². The van der Waals surface area contributed by atoms with Crippen LogP contribution in [0.3, 0.4) is 0 Å². The molecule has 1 aromatic rings. The van der Waals surface area contributed by atoms with Crippen LogP contribution in [0, 0.1) is 0 Å². The number of nitrogens with one attached hydrogen (secondary N) is 1. The average Bonchev–Trinajstić information content (AvgIpc) is 2.19. The zero-order valence-corrected chi connectivity index (χ0v) is 7.77. The van der Waals surface area contributed by atoms with Crippen molar-refractivity contribution in [3.05, 3.63) is 24.3 Å². The summed E-state index contributed by atoms with van der Waals surface area (Å²) in [4.78, 5) is 7.69. The standard InChI is InChI=1S/C9H15N3O/c1-10-4-2-3-9(13)8-5-11-7-12-6-8/h5-7,9-10,13H,2-4H2,1H3. The maximum absolute atomic E-state index is 9.64. The Morgan fingerprint density at radius 1 is 1.46 bits per heavy atom. The van der Waals surface area contributed by atoms with E-state index in [0.717, 1.165) is 24.9 Å². The van der Waals surface area contributed by atoms with Gasteiger partial charge in [0.2, 0.25) is 0 Å². The predicted octanol–water partition coefficient (Wildman–Crippen LogP) is 0.510. The fourth-order valence-corrected chi connectivity index (χ4v) is 1.12. The first-order valence-electron chi connectivity index (χ1n) is 4.42. The van der Waals surface area contributed by atoms with Crippen molar-refractivity contribution in [2.75, 3.05) is 13.6 Å². The quantitative estimate of drug-likeness (QED) is 0.650. The molecule has 0 spiro atoms. The predicted molar refractivity (Wildman–Crippen MR) is 50.2 cm³/mol. The van der Waals surface area contributed by atoms with Crippen molar-refractivity contribution in [2.24, 2.45) is 0 Å². The molecule has 0 saturated carbocycles. The molecule has 72 valence electrons. The fourth-order valence-electron chi connectivity index (χ4n) is 1.12. The molecule has 0 bridgehead atoms. The molecule has 0 fully saturated rings. The molecule has 2 N–H and O–H groups in total. The van der Waals surface area contributed by atoms with Gasteiger partial charge in [-0.25, -0.2) is 9.97 Å². The first-order valence-corrected chi connectivity index (χ1v) is 4.42. The zero-order chi connectivity index (χ0) is 9.52. The minimum atomic E-state index is -0.436. The number of hydrogen-bond donors (Lipinski definition) is 2. The zero-order valence-electron chi connectivity index (χ0n) is 7.77. The Hall–Kier alpha value is -1.00. The highest BCUT2D eigenvalue weighted by molar-refractivity contribution is 5.05. The molecule has 0 aliphatic rings. The van der Waals surface area contributed by atoms with Gasteiger partial charge in [0.05, 0.1) is 6.10 Å². The average molecular weight is 181 g/mol. The molecule has 0 saturated heterocycles. The van der Waals surface area contributed by atoms with Gasteiger partial charge >= 0.3 is 0 Å². The highest BCUT2D eigenvalue weighted by Gasteiger charge is 2.06. The normalized spacial score (nSPS) is 12.8. The van der Waals surface area contributed by atoms with E-state index in [-0.39, 0.29) is 0 Å². The van der Waals surface area contributed by atoms with E-state index in [1.807, 2.05) is 7.05 Å². The van der Waals surface area contributed by atoms with Crippen LogP contribution in [-0.2, 0) is 0 Å². The summed E-state index contributed by atoms with van der Waals surface area (Å²) in [5, 5.41) is 12.7. The Labute approximate surface area is 78.0 Å². The summed E-state index contributed by atoms with van der Waals surface area (Å²) in [6, 6.07) is 0. The van der Waals surface area contributed by atoms with Crippen LogP contribution in [0.15, 0.2) is 18.7 Å². The van der Waals surface area contributed by atoms with Crippen LogP contribution in [0.4, 0.5) is 0 Å². The molecule has 0 amide bonds. The summed E-state index contributed by atoms with van der Waals surface area (Å²) >= 11 is 0. The first-order chi connectivity index (χ1) is 6.34. The van der Waals surface area contributed by atoms with Crippen molar-refractivity contribution in [3.63, 3.8) is 0 Å². The third-order valence-electron chi connectivity index (χ3n) is 1.87. The SMILES string of the molecule is CNCCCC(O)c1cncnc1. The molecule has 13 heavy (non-hydrogen) atoms. The van der Waals surface area contributed by atoms with E-state index in [2.05, 4.69) is 15.3 Å². The van der Waals surface area contributed by atoms with E-state index < -0.39 is 6.10 Å². The summed E-state index contributed by atoms with van der Waals surface area (Å²) in [6.07, 6.45) is 6.02. The second-order valence-electron chi connectivity index (χ2n) is 2.93. The number of aliphatic hydroxyl groups is 1. The van der Waals surface area contributed by atoms with E-state index >= 15 is 0 Å². The Balaban J connectivity index is 2.35. The van der Waals surface area contributed by atoms with Crippen LogP contribution >= 0.6 is 0 Å². The lowest BCUT2D eigenvalue weighted by Gasteiger charge is -2.08. The highest BCUT2D eigenvalue weighted by Crippen LogP contribution is 2.15. The van der Waals surface area contributed by atoms with Crippen molar-refractivity contribution in [1.29, 1.82) is 0 Å². The second kappa shape index (κ2) is 5.61.